The van der Waals surface area contributed by atoms with Gasteiger partial charge in [-0.15, -0.1) is 0 Å². The topological polar surface area (TPSA) is 139 Å². The third-order valence-corrected chi connectivity index (χ3v) is 7.40. The molecule has 0 bridgehead atoms. The van der Waals surface area contributed by atoms with Gasteiger partial charge in [0, 0.05) is 52.5 Å². The van der Waals surface area contributed by atoms with Crippen molar-refractivity contribution in [2.75, 3.05) is 62.6 Å². The van der Waals surface area contributed by atoms with E-state index in [1.54, 1.807) is 6.07 Å². The number of piperazine rings is 1. The monoisotopic (exact) mass is 438 g/mol. The number of carboxylic acids is 1. The van der Waals surface area contributed by atoms with Crippen molar-refractivity contribution in [3.63, 3.8) is 0 Å². The van der Waals surface area contributed by atoms with E-state index < -0.39 is 33.2 Å². The number of carboxylic acid groups (broad SMARTS) is 1. The summed E-state index contributed by atoms with van der Waals surface area (Å²) in [7, 11) is -0.412. The fourth-order valence-electron chi connectivity index (χ4n) is 3.64. The minimum Gasteiger partial charge on any atom is -0.501 e. The maximum Gasteiger partial charge on any atom is 0.358 e. The average Bonchev–Trinajstić information content (AvgIpc) is 2.97. The number of rotatable bonds is 3. The predicted molar refractivity (Wildman–Crippen MR) is 109 cm³/mol. The van der Waals surface area contributed by atoms with E-state index in [-0.39, 0.29) is 24.4 Å². The summed E-state index contributed by atoms with van der Waals surface area (Å²) in [6.45, 7) is 3.26. The Morgan fingerprint density at radius 2 is 1.77 bits per heavy atom. The molecule has 0 aromatic carbocycles. The highest BCUT2D eigenvalue weighted by Gasteiger charge is 2.36. The summed E-state index contributed by atoms with van der Waals surface area (Å²) < 4.78 is 28.9. The lowest BCUT2D eigenvalue weighted by atomic mass is 10.2. The number of nitrogens with zero attached hydrogens (tertiary/aromatic N) is 6. The van der Waals surface area contributed by atoms with Gasteiger partial charge in [0.1, 0.15) is 0 Å². The van der Waals surface area contributed by atoms with Gasteiger partial charge in [0.05, 0.1) is 11.4 Å². The summed E-state index contributed by atoms with van der Waals surface area (Å²) in [4.78, 5) is 32.3. The zero-order valence-electron chi connectivity index (χ0n) is 16.5. The molecule has 162 valence electrons. The van der Waals surface area contributed by atoms with Gasteiger partial charge >= 0.3 is 21.7 Å². The predicted octanol–water partition coefficient (Wildman–Crippen LogP) is -1.15. The highest BCUT2D eigenvalue weighted by Crippen LogP contribution is 2.32. The number of aromatic hydroxyl groups is 1. The van der Waals surface area contributed by atoms with Gasteiger partial charge in [-0.3, -0.25) is 13.5 Å². The third-order valence-electron chi connectivity index (χ3n) is 5.50. The molecule has 0 unspecified atom stereocenters. The summed E-state index contributed by atoms with van der Waals surface area (Å²) in [5.41, 5.74) is -1.26. The Labute approximate surface area is 172 Å². The van der Waals surface area contributed by atoms with Gasteiger partial charge < -0.3 is 20.0 Å². The van der Waals surface area contributed by atoms with Gasteiger partial charge in [-0.2, -0.15) is 12.7 Å². The SMILES string of the molecule is CN1CCN(c2cc(N3CCN(C)S3(=O)=O)c3nc(C(=O)O)c(O)c(=O)n3c2)CC1. The Morgan fingerprint density at radius 1 is 1.10 bits per heavy atom. The van der Waals surface area contributed by atoms with Crippen molar-refractivity contribution < 1.29 is 23.4 Å². The number of likely N-dealkylation sites (N-methyl/N-ethyl adjacent to an activating group) is 2. The van der Waals surface area contributed by atoms with E-state index in [9.17, 15) is 28.2 Å². The molecule has 2 saturated heterocycles. The summed E-state index contributed by atoms with van der Waals surface area (Å²) in [6.07, 6.45) is 1.46. The van der Waals surface area contributed by atoms with Crippen molar-refractivity contribution in [1.82, 2.24) is 18.6 Å². The van der Waals surface area contributed by atoms with E-state index in [2.05, 4.69) is 9.88 Å². The van der Waals surface area contributed by atoms with E-state index in [4.69, 9.17) is 0 Å². The summed E-state index contributed by atoms with van der Waals surface area (Å²) in [5, 5.41) is 19.4. The molecular weight excluding hydrogens is 416 g/mol. The molecule has 0 spiro atoms. The van der Waals surface area contributed by atoms with E-state index in [0.717, 1.165) is 21.8 Å². The number of carbonyl (C=O) groups is 1. The smallest absolute Gasteiger partial charge is 0.358 e. The lowest BCUT2D eigenvalue weighted by Crippen LogP contribution is -2.44. The molecule has 4 rings (SSSR count). The average molecular weight is 438 g/mol. The summed E-state index contributed by atoms with van der Waals surface area (Å²) in [6, 6.07) is 1.60. The molecule has 2 aliphatic rings. The second-order valence-electron chi connectivity index (χ2n) is 7.39. The van der Waals surface area contributed by atoms with Crippen molar-refractivity contribution >= 4 is 33.2 Å². The molecule has 0 saturated carbocycles. The molecule has 0 radical (unpaired) electrons. The zero-order valence-corrected chi connectivity index (χ0v) is 17.3. The number of fused-ring (bicyclic) bond motifs is 1. The van der Waals surface area contributed by atoms with Crippen LogP contribution in [0.2, 0.25) is 0 Å². The second-order valence-corrected chi connectivity index (χ2v) is 9.35. The fourth-order valence-corrected chi connectivity index (χ4v) is 4.99. The van der Waals surface area contributed by atoms with Crippen LogP contribution in [0, 0.1) is 0 Å². The first kappa shape index (κ1) is 20.4. The van der Waals surface area contributed by atoms with Crippen molar-refractivity contribution in [1.29, 1.82) is 0 Å². The molecule has 0 aliphatic carbocycles. The maximum absolute atomic E-state index is 12.8. The van der Waals surface area contributed by atoms with E-state index in [0.29, 0.717) is 18.8 Å². The molecule has 2 fully saturated rings. The number of hydrogen-bond acceptors (Lipinski definition) is 8. The van der Waals surface area contributed by atoms with Crippen LogP contribution in [-0.4, -0.2) is 96.6 Å². The molecule has 2 aromatic heterocycles. The summed E-state index contributed by atoms with van der Waals surface area (Å²) in [5.74, 6) is -2.58. The van der Waals surface area contributed by atoms with Gasteiger partial charge in [-0.05, 0) is 13.1 Å². The minimum atomic E-state index is -3.85. The van der Waals surface area contributed by atoms with Gasteiger partial charge in [0.15, 0.2) is 11.3 Å². The minimum absolute atomic E-state index is 0.0929. The molecule has 0 amide bonds. The molecule has 13 heteroatoms. The first-order chi connectivity index (χ1) is 14.1. The molecular formula is C17H22N6O6S. The Morgan fingerprint density at radius 3 is 2.33 bits per heavy atom. The van der Waals surface area contributed by atoms with Gasteiger partial charge in [-0.25, -0.2) is 9.78 Å². The number of anilines is 2. The lowest BCUT2D eigenvalue weighted by molar-refractivity contribution is 0.0686. The van der Waals surface area contributed by atoms with Crippen LogP contribution in [-0.2, 0) is 10.2 Å². The van der Waals surface area contributed by atoms with Gasteiger partial charge in [0.25, 0.3) is 0 Å². The van der Waals surface area contributed by atoms with E-state index >= 15 is 0 Å². The highest BCUT2D eigenvalue weighted by molar-refractivity contribution is 7.90. The molecule has 2 aromatic rings. The number of aromatic carboxylic acids is 1. The van der Waals surface area contributed by atoms with Crippen LogP contribution < -0.4 is 14.8 Å². The van der Waals surface area contributed by atoms with Crippen molar-refractivity contribution in [2.24, 2.45) is 0 Å². The molecule has 4 heterocycles. The third kappa shape index (κ3) is 3.14. The number of hydrogen-bond donors (Lipinski definition) is 2. The normalized spacial score (nSPS) is 20.2. The van der Waals surface area contributed by atoms with Crippen molar-refractivity contribution in [3.8, 4) is 5.75 Å². The lowest BCUT2D eigenvalue weighted by Gasteiger charge is -2.34. The van der Waals surface area contributed by atoms with E-state index in [1.165, 1.54) is 17.5 Å². The largest absolute Gasteiger partial charge is 0.501 e. The molecule has 30 heavy (non-hydrogen) atoms. The van der Waals surface area contributed by atoms with Gasteiger partial charge in [0.2, 0.25) is 5.75 Å². The fraction of sp³-hybridized carbons (Fsp3) is 0.471. The second kappa shape index (κ2) is 7.11. The summed E-state index contributed by atoms with van der Waals surface area (Å²) >= 11 is 0. The van der Waals surface area contributed by atoms with Crippen LogP contribution in [0.4, 0.5) is 11.4 Å². The molecule has 0 atom stereocenters. The molecule has 12 nitrogen and oxygen atoms in total. The molecule has 2 aliphatic heterocycles. The number of aromatic nitrogens is 2. The van der Waals surface area contributed by atoms with Crippen LogP contribution in [0.5, 0.6) is 5.75 Å². The molecule has 2 N–H and O–H groups in total. The van der Waals surface area contributed by atoms with Crippen LogP contribution >= 0.6 is 0 Å². The first-order valence-electron chi connectivity index (χ1n) is 9.31. The van der Waals surface area contributed by atoms with Crippen molar-refractivity contribution in [2.45, 2.75) is 0 Å². The van der Waals surface area contributed by atoms with Crippen molar-refractivity contribution in [3.05, 3.63) is 28.3 Å². The Bertz CT molecular complexity index is 1190. The Kier molecular flexibility index (Phi) is 4.83. The Balaban J connectivity index is 1.99. The standard InChI is InChI=1S/C17H22N6O6S/c1-19-3-6-21(7-4-19)11-9-12(23-8-5-20(2)30(23,28)29)15-18-13(17(26)27)14(24)16(25)22(15)10-11/h9-10,24H,3-8H2,1-2H3,(H,26,27). The van der Waals surface area contributed by atoms with E-state index in [1.807, 2.05) is 11.9 Å². The van der Waals surface area contributed by atoms with Crippen LogP contribution in [0.3, 0.4) is 0 Å². The maximum atomic E-state index is 12.8. The first-order valence-corrected chi connectivity index (χ1v) is 10.7. The van der Waals surface area contributed by atoms with Crippen LogP contribution in [0.15, 0.2) is 17.1 Å². The number of pyridine rings is 1. The van der Waals surface area contributed by atoms with Crippen LogP contribution in [0.25, 0.3) is 5.65 Å². The van der Waals surface area contributed by atoms with Crippen LogP contribution in [0.1, 0.15) is 10.5 Å². The quantitative estimate of drug-likeness (QED) is 0.608. The van der Waals surface area contributed by atoms with Gasteiger partial charge in [-0.1, -0.05) is 0 Å². The zero-order chi connectivity index (χ0) is 21.8. The Hall–Kier alpha value is -2.90. The highest BCUT2D eigenvalue weighted by atomic mass is 32.2.